The van der Waals surface area contributed by atoms with E-state index in [0.717, 1.165) is 128 Å². The highest BCUT2D eigenvalue weighted by Gasteiger charge is 2.26. The van der Waals surface area contributed by atoms with E-state index < -0.39 is 32.5 Å². The molecule has 0 aromatic carbocycles. The summed E-state index contributed by atoms with van der Waals surface area (Å²) in [5, 5.41) is 0. The summed E-state index contributed by atoms with van der Waals surface area (Å²) in [5.74, 6) is -0.912. The van der Waals surface area contributed by atoms with E-state index in [9.17, 15) is 19.0 Å². The Labute approximate surface area is 419 Å². The van der Waals surface area contributed by atoms with Crippen LogP contribution in [-0.2, 0) is 32.7 Å². The molecule has 0 aliphatic heterocycles. The Kier molecular flexibility index (Phi) is 49.6. The first-order valence-electron chi connectivity index (χ1n) is 26.0. The average Bonchev–Trinajstić information content (AvgIpc) is 3.34. The van der Waals surface area contributed by atoms with E-state index in [2.05, 4.69) is 172 Å². The smallest absolute Gasteiger partial charge is 0.462 e. The van der Waals surface area contributed by atoms with Gasteiger partial charge in [0.25, 0.3) is 0 Å². The molecule has 0 rings (SSSR count). The van der Waals surface area contributed by atoms with Crippen LogP contribution in [0.5, 0.6) is 0 Å². The van der Waals surface area contributed by atoms with Gasteiger partial charge in [-0.3, -0.25) is 18.6 Å². The number of carbonyl (C=O) groups excluding carboxylic acids is 2. The molecule has 0 amide bonds. The maximum absolute atomic E-state index is 12.7. The first-order chi connectivity index (χ1) is 33.8. The van der Waals surface area contributed by atoms with Crippen molar-refractivity contribution in [1.29, 1.82) is 0 Å². The zero-order valence-electron chi connectivity index (χ0n) is 42.7. The lowest BCUT2D eigenvalue weighted by Gasteiger charge is -2.19. The number of hydrogen-bond donors (Lipinski definition) is 2. The number of nitrogens with two attached hydrogens (primary N) is 1. The van der Waals surface area contributed by atoms with E-state index in [1.807, 2.05) is 0 Å². The Morgan fingerprint density at radius 1 is 0.435 bits per heavy atom. The maximum atomic E-state index is 12.7. The van der Waals surface area contributed by atoms with Crippen LogP contribution in [0.25, 0.3) is 0 Å². The third-order valence-corrected chi connectivity index (χ3v) is 10.9. The topological polar surface area (TPSA) is 134 Å². The molecule has 386 valence electrons. The molecule has 2 atom stereocenters. The van der Waals surface area contributed by atoms with Crippen molar-refractivity contribution in [2.45, 2.75) is 174 Å². The molecule has 3 N–H and O–H groups in total. The van der Waals surface area contributed by atoms with Gasteiger partial charge in [-0.1, -0.05) is 191 Å². The summed E-state index contributed by atoms with van der Waals surface area (Å²) >= 11 is 0. The highest BCUT2D eigenvalue weighted by molar-refractivity contribution is 7.47. The second-order valence-electron chi connectivity index (χ2n) is 16.3. The van der Waals surface area contributed by atoms with Gasteiger partial charge in [-0.25, -0.2) is 4.57 Å². The van der Waals surface area contributed by atoms with Crippen molar-refractivity contribution in [2.24, 2.45) is 5.73 Å². The summed E-state index contributed by atoms with van der Waals surface area (Å²) in [7, 11) is -4.41. The van der Waals surface area contributed by atoms with Gasteiger partial charge in [0, 0.05) is 19.4 Å². The monoisotopic (exact) mass is 974 g/mol. The minimum atomic E-state index is -4.41. The predicted octanol–water partition coefficient (Wildman–Crippen LogP) is 16.2. The number of hydrogen-bond acceptors (Lipinski definition) is 8. The molecular weight excluding hydrogens is 882 g/mol. The largest absolute Gasteiger partial charge is 0.472 e. The van der Waals surface area contributed by atoms with Gasteiger partial charge < -0.3 is 20.1 Å². The number of carbonyl (C=O) groups is 2. The van der Waals surface area contributed by atoms with Gasteiger partial charge in [0.05, 0.1) is 13.2 Å². The van der Waals surface area contributed by atoms with Gasteiger partial charge in [-0.2, -0.15) is 0 Å². The van der Waals surface area contributed by atoms with Crippen molar-refractivity contribution in [1.82, 2.24) is 0 Å². The zero-order valence-corrected chi connectivity index (χ0v) is 43.6. The summed E-state index contributed by atoms with van der Waals surface area (Å²) in [6.45, 7) is 3.40. The number of phosphoric ester groups is 1. The van der Waals surface area contributed by atoms with E-state index in [4.69, 9.17) is 24.3 Å². The van der Waals surface area contributed by atoms with Crippen molar-refractivity contribution in [3.8, 4) is 0 Å². The van der Waals surface area contributed by atoms with Crippen molar-refractivity contribution < 1.29 is 37.6 Å². The van der Waals surface area contributed by atoms with Gasteiger partial charge in [0.2, 0.25) is 0 Å². The first kappa shape index (κ1) is 64.6. The highest BCUT2D eigenvalue weighted by atomic mass is 31.2. The molecule has 0 bridgehead atoms. The Morgan fingerprint density at radius 2 is 0.754 bits per heavy atom. The van der Waals surface area contributed by atoms with Crippen LogP contribution < -0.4 is 5.73 Å². The molecule has 0 aliphatic carbocycles. The summed E-state index contributed by atoms with van der Waals surface area (Å²) in [6.07, 6.45) is 77.1. The fraction of sp³-hybridized carbons (Fsp3) is 0.525. The molecule has 0 saturated carbocycles. The normalized spacial score (nSPS) is 14.4. The van der Waals surface area contributed by atoms with Gasteiger partial charge >= 0.3 is 19.8 Å². The number of unbranched alkanes of at least 4 members (excludes halogenated alkanes) is 7. The maximum Gasteiger partial charge on any atom is 0.472 e. The fourth-order valence-electron chi connectivity index (χ4n) is 6.15. The van der Waals surface area contributed by atoms with Crippen molar-refractivity contribution in [3.63, 3.8) is 0 Å². The van der Waals surface area contributed by atoms with Crippen LogP contribution in [0.1, 0.15) is 168 Å². The molecule has 10 heteroatoms. The van der Waals surface area contributed by atoms with Crippen LogP contribution in [0.3, 0.4) is 0 Å². The number of esters is 2. The Bertz CT molecular complexity index is 1680. The Hall–Kier alpha value is -4.37. The van der Waals surface area contributed by atoms with Crippen LogP contribution in [0.4, 0.5) is 0 Å². The minimum absolute atomic E-state index is 0.0339. The summed E-state index contributed by atoms with van der Waals surface area (Å²) in [5.41, 5.74) is 5.36. The van der Waals surface area contributed by atoms with Crippen molar-refractivity contribution in [3.05, 3.63) is 158 Å². The lowest BCUT2D eigenvalue weighted by molar-refractivity contribution is -0.161. The van der Waals surface area contributed by atoms with E-state index in [1.165, 1.54) is 0 Å². The van der Waals surface area contributed by atoms with Crippen LogP contribution in [-0.4, -0.2) is 49.3 Å². The lowest BCUT2D eigenvalue weighted by atomic mass is 10.1. The molecule has 9 nitrogen and oxygen atoms in total. The van der Waals surface area contributed by atoms with Crippen LogP contribution in [0, 0.1) is 0 Å². The number of rotatable bonds is 46. The Morgan fingerprint density at radius 3 is 1.12 bits per heavy atom. The predicted molar refractivity (Wildman–Crippen MR) is 293 cm³/mol. The van der Waals surface area contributed by atoms with E-state index in [1.54, 1.807) is 0 Å². The molecule has 0 fully saturated rings. The average molecular weight is 974 g/mol. The van der Waals surface area contributed by atoms with Gasteiger partial charge in [-0.15, -0.1) is 0 Å². The quantitative estimate of drug-likeness (QED) is 0.0265. The minimum Gasteiger partial charge on any atom is -0.462 e. The van der Waals surface area contributed by atoms with Crippen LogP contribution in [0.2, 0.25) is 0 Å². The fourth-order valence-corrected chi connectivity index (χ4v) is 6.91. The van der Waals surface area contributed by atoms with Gasteiger partial charge in [0.1, 0.15) is 6.61 Å². The molecule has 0 aromatic rings. The SMILES string of the molecule is CC/C=C\C/C=C\C/C=C\C/C=C\C/C=C\C/C=C\C/C=C\C/C=C\CCCCCCC(=O)OC(COC(=O)CCCCC/C=C\C/C=C\C/C=C\C/C=C\C/C=C\CC)COP(=O)(O)OCCN. The third kappa shape index (κ3) is 52.8. The molecule has 0 spiro atoms. The first-order valence-corrected chi connectivity index (χ1v) is 27.5. The summed E-state index contributed by atoms with van der Waals surface area (Å²) in [4.78, 5) is 35.1. The number of allylic oxidation sites excluding steroid dienone is 26. The highest BCUT2D eigenvalue weighted by Crippen LogP contribution is 2.43. The Balaban J connectivity index is 4.22. The molecule has 0 saturated heterocycles. The van der Waals surface area contributed by atoms with E-state index in [0.29, 0.717) is 12.8 Å². The van der Waals surface area contributed by atoms with E-state index >= 15 is 0 Å². The van der Waals surface area contributed by atoms with Crippen LogP contribution >= 0.6 is 7.82 Å². The molecule has 0 heterocycles. The van der Waals surface area contributed by atoms with E-state index in [-0.39, 0.29) is 32.6 Å². The second-order valence-corrected chi connectivity index (χ2v) is 17.7. The number of phosphoric acid groups is 1. The molecule has 0 radical (unpaired) electrons. The van der Waals surface area contributed by atoms with Crippen molar-refractivity contribution in [2.75, 3.05) is 26.4 Å². The van der Waals surface area contributed by atoms with Gasteiger partial charge in [-0.05, 0) is 122 Å². The van der Waals surface area contributed by atoms with Crippen molar-refractivity contribution >= 4 is 19.8 Å². The summed E-state index contributed by atoms with van der Waals surface area (Å²) in [6, 6.07) is 0. The molecule has 0 aromatic heterocycles. The molecule has 2 unspecified atom stereocenters. The number of ether oxygens (including phenoxy) is 2. The molecule has 0 aliphatic rings. The molecule has 69 heavy (non-hydrogen) atoms. The van der Waals surface area contributed by atoms with Gasteiger partial charge in [0.15, 0.2) is 6.10 Å². The molecular formula is C59H92NO8P. The zero-order chi connectivity index (χ0) is 50.2. The summed E-state index contributed by atoms with van der Waals surface area (Å²) < 4.78 is 32.9. The lowest BCUT2D eigenvalue weighted by Crippen LogP contribution is -2.29. The van der Waals surface area contributed by atoms with Crippen LogP contribution in [0.15, 0.2) is 158 Å². The second kappa shape index (κ2) is 53.0. The standard InChI is InChI=1S/C59H92NO8P/c1-3-5-7-9-11-13-15-17-19-21-23-24-25-26-27-28-29-30-31-32-34-36-38-40-42-44-46-48-50-52-59(62)68-57(56-67-69(63,64)66-54-53-60)55-65-58(61)51-49-47-45-43-41-39-37-35-33-22-20-18-16-14-12-10-8-6-4-2/h5-8,11-14,17-20,23-24,26-27,29-30,32-35,38-41,57H,3-4,9-10,15-16,21-22,25,28,31,36-37,42-56,60H2,1-2H3,(H,63,64)/b7-5-,8-6-,13-11-,14-12-,19-17-,20-18-,24-23-,27-26-,30-29-,34-32-,35-33-,40-38-,41-39-. The third-order valence-electron chi connectivity index (χ3n) is 9.91.